The Kier molecular flexibility index (Phi) is 5.64. The van der Waals surface area contributed by atoms with E-state index in [4.69, 9.17) is 4.74 Å². The van der Waals surface area contributed by atoms with E-state index in [2.05, 4.69) is 17.1 Å². The maximum absolute atomic E-state index is 11.9. The molecule has 2 bridgehead atoms. The number of hydrogen-bond donors (Lipinski definition) is 1. The van der Waals surface area contributed by atoms with Crippen LogP contribution in [-0.2, 0) is 9.53 Å². The molecule has 4 heteroatoms. The number of piperidine rings is 1. The fraction of sp³-hybridized carbons (Fsp3) is 0.933. The van der Waals surface area contributed by atoms with Crippen molar-refractivity contribution in [1.82, 2.24) is 10.2 Å². The number of ether oxygens (including phenoxy) is 1. The van der Waals surface area contributed by atoms with Crippen molar-refractivity contribution in [2.45, 2.75) is 58.0 Å². The van der Waals surface area contributed by atoms with Gasteiger partial charge < -0.3 is 15.0 Å². The minimum absolute atomic E-state index is 0.0830. The van der Waals surface area contributed by atoms with Gasteiger partial charge in [-0.05, 0) is 51.5 Å². The van der Waals surface area contributed by atoms with Crippen LogP contribution in [0.15, 0.2) is 0 Å². The number of carbonyl (C=O) groups is 1. The predicted molar refractivity (Wildman–Crippen MR) is 76.0 cm³/mol. The zero-order valence-electron chi connectivity index (χ0n) is 12.4. The molecule has 110 valence electrons. The van der Waals surface area contributed by atoms with Gasteiger partial charge in [0.05, 0.1) is 6.61 Å². The van der Waals surface area contributed by atoms with Gasteiger partial charge in [-0.1, -0.05) is 6.92 Å². The smallest absolute Gasteiger partial charge is 0.323 e. The molecule has 0 aromatic heterocycles. The summed E-state index contributed by atoms with van der Waals surface area (Å²) in [6.07, 6.45) is 6.08. The summed E-state index contributed by atoms with van der Waals surface area (Å²) in [7, 11) is 0. The summed E-state index contributed by atoms with van der Waals surface area (Å²) in [6, 6.07) is 0.665. The summed E-state index contributed by atoms with van der Waals surface area (Å²) >= 11 is 0. The highest BCUT2D eigenvalue weighted by atomic mass is 16.5. The van der Waals surface area contributed by atoms with Gasteiger partial charge in [-0.25, -0.2) is 0 Å². The summed E-state index contributed by atoms with van der Waals surface area (Å²) < 4.78 is 5.16. The summed E-state index contributed by atoms with van der Waals surface area (Å²) in [5.74, 6) is 0.843. The number of carbonyl (C=O) groups excluding carboxylic acids is 1. The Balaban J connectivity index is 1.76. The van der Waals surface area contributed by atoms with Gasteiger partial charge in [0.15, 0.2) is 0 Å². The third kappa shape index (κ3) is 3.93. The second-order valence-corrected chi connectivity index (χ2v) is 5.88. The van der Waals surface area contributed by atoms with Gasteiger partial charge >= 0.3 is 5.97 Å². The maximum atomic E-state index is 11.9. The van der Waals surface area contributed by atoms with E-state index in [1.807, 2.05) is 6.92 Å². The molecule has 0 radical (unpaired) electrons. The molecule has 0 spiro atoms. The molecule has 1 aliphatic carbocycles. The fourth-order valence-electron chi connectivity index (χ4n) is 3.46. The molecule has 2 fully saturated rings. The molecule has 4 nitrogen and oxygen atoms in total. The Labute approximate surface area is 116 Å². The van der Waals surface area contributed by atoms with Crippen LogP contribution < -0.4 is 5.32 Å². The van der Waals surface area contributed by atoms with Gasteiger partial charge in [-0.15, -0.1) is 0 Å². The zero-order valence-corrected chi connectivity index (χ0v) is 12.4. The lowest BCUT2D eigenvalue weighted by atomic mass is 10.1. The molecule has 0 amide bonds. The van der Waals surface area contributed by atoms with Crippen molar-refractivity contribution in [3.8, 4) is 0 Å². The summed E-state index contributed by atoms with van der Waals surface area (Å²) in [6.45, 7) is 7.62. The van der Waals surface area contributed by atoms with Crippen molar-refractivity contribution in [2.75, 3.05) is 26.2 Å². The van der Waals surface area contributed by atoms with Crippen LogP contribution >= 0.6 is 0 Å². The molecule has 1 heterocycles. The first-order chi connectivity index (χ1) is 9.24. The zero-order chi connectivity index (χ0) is 13.7. The van der Waals surface area contributed by atoms with Crippen LogP contribution in [-0.4, -0.2) is 49.2 Å². The van der Waals surface area contributed by atoms with Gasteiger partial charge in [0.2, 0.25) is 0 Å². The highest BCUT2D eigenvalue weighted by Gasteiger charge is 2.37. The standard InChI is InChI=1S/C15H28N2O2/c1-3-8-16-14(15(18)19-4-2)7-9-17-11-12-5-6-13(17)10-12/h12-14,16H,3-11H2,1-2H3. The van der Waals surface area contributed by atoms with Gasteiger partial charge in [-0.3, -0.25) is 4.79 Å². The Morgan fingerprint density at radius 1 is 1.42 bits per heavy atom. The number of esters is 1. The quantitative estimate of drug-likeness (QED) is 0.682. The van der Waals surface area contributed by atoms with Crippen LogP contribution in [0.1, 0.15) is 46.0 Å². The third-order valence-corrected chi connectivity index (χ3v) is 4.44. The van der Waals surface area contributed by atoms with Crippen molar-refractivity contribution < 1.29 is 9.53 Å². The van der Waals surface area contributed by atoms with Crippen molar-refractivity contribution in [3.05, 3.63) is 0 Å². The minimum atomic E-state index is -0.126. The molecule has 2 rings (SSSR count). The highest BCUT2D eigenvalue weighted by molar-refractivity contribution is 5.75. The van der Waals surface area contributed by atoms with Gasteiger partial charge in [0.1, 0.15) is 6.04 Å². The van der Waals surface area contributed by atoms with E-state index in [1.54, 1.807) is 0 Å². The minimum Gasteiger partial charge on any atom is -0.465 e. The van der Waals surface area contributed by atoms with Crippen molar-refractivity contribution >= 4 is 5.97 Å². The van der Waals surface area contributed by atoms with Gasteiger partial charge in [0.25, 0.3) is 0 Å². The van der Waals surface area contributed by atoms with E-state index in [1.165, 1.54) is 25.8 Å². The average Bonchev–Trinajstić information content (AvgIpc) is 3.01. The van der Waals surface area contributed by atoms with Crippen molar-refractivity contribution in [2.24, 2.45) is 5.92 Å². The number of nitrogens with one attached hydrogen (secondary N) is 1. The Morgan fingerprint density at radius 2 is 2.26 bits per heavy atom. The average molecular weight is 268 g/mol. The molecule has 3 unspecified atom stereocenters. The van der Waals surface area contributed by atoms with Crippen LogP contribution in [0.5, 0.6) is 0 Å². The first-order valence-electron chi connectivity index (χ1n) is 7.88. The second-order valence-electron chi connectivity index (χ2n) is 5.88. The van der Waals surface area contributed by atoms with Crippen LogP contribution in [0, 0.1) is 5.92 Å². The summed E-state index contributed by atoms with van der Waals surface area (Å²) in [5.41, 5.74) is 0. The van der Waals surface area contributed by atoms with Crippen molar-refractivity contribution in [1.29, 1.82) is 0 Å². The molecule has 0 aromatic carbocycles. The first kappa shape index (κ1) is 14.8. The number of likely N-dealkylation sites (tertiary alicyclic amines) is 1. The van der Waals surface area contributed by atoms with Crippen LogP contribution in [0.25, 0.3) is 0 Å². The predicted octanol–water partition coefficient (Wildman–Crippen LogP) is 1.79. The summed E-state index contributed by atoms with van der Waals surface area (Å²) in [5, 5.41) is 3.32. The number of fused-ring (bicyclic) bond motifs is 2. The third-order valence-electron chi connectivity index (χ3n) is 4.44. The SMILES string of the molecule is CCCNC(CCN1CC2CCC1C2)C(=O)OCC. The molecular weight excluding hydrogens is 240 g/mol. The molecule has 3 atom stereocenters. The normalized spacial score (nSPS) is 27.7. The monoisotopic (exact) mass is 268 g/mol. The topological polar surface area (TPSA) is 41.6 Å². The van der Waals surface area contributed by atoms with E-state index in [0.717, 1.165) is 37.9 Å². The van der Waals surface area contributed by atoms with Crippen LogP contribution in [0.4, 0.5) is 0 Å². The summed E-state index contributed by atoms with van der Waals surface area (Å²) in [4.78, 5) is 14.5. The first-order valence-corrected chi connectivity index (χ1v) is 7.88. The fourth-order valence-corrected chi connectivity index (χ4v) is 3.46. The molecule has 2 aliphatic rings. The lowest BCUT2D eigenvalue weighted by Gasteiger charge is -2.28. The van der Waals surface area contributed by atoms with E-state index < -0.39 is 0 Å². The van der Waals surface area contributed by atoms with Crippen molar-refractivity contribution in [3.63, 3.8) is 0 Å². The largest absolute Gasteiger partial charge is 0.465 e. The molecule has 1 aliphatic heterocycles. The lowest BCUT2D eigenvalue weighted by Crippen LogP contribution is -2.42. The molecule has 1 N–H and O–H groups in total. The number of rotatable bonds is 8. The Bertz CT molecular complexity index is 296. The molecule has 1 saturated heterocycles. The van der Waals surface area contributed by atoms with Gasteiger partial charge in [0, 0.05) is 19.1 Å². The van der Waals surface area contributed by atoms with E-state index >= 15 is 0 Å². The highest BCUT2D eigenvalue weighted by Crippen LogP contribution is 2.37. The van der Waals surface area contributed by atoms with Crippen LogP contribution in [0.2, 0.25) is 0 Å². The number of nitrogens with zero attached hydrogens (tertiary/aromatic N) is 1. The maximum Gasteiger partial charge on any atom is 0.323 e. The Hall–Kier alpha value is -0.610. The molecule has 19 heavy (non-hydrogen) atoms. The van der Waals surface area contributed by atoms with Gasteiger partial charge in [-0.2, -0.15) is 0 Å². The van der Waals surface area contributed by atoms with Crippen LogP contribution in [0.3, 0.4) is 0 Å². The molecule has 0 aromatic rings. The van der Waals surface area contributed by atoms with E-state index in [0.29, 0.717) is 6.61 Å². The molecular formula is C15H28N2O2. The Morgan fingerprint density at radius 3 is 2.84 bits per heavy atom. The van der Waals surface area contributed by atoms with E-state index in [9.17, 15) is 4.79 Å². The number of hydrogen-bond acceptors (Lipinski definition) is 4. The molecule has 1 saturated carbocycles. The lowest BCUT2D eigenvalue weighted by molar-refractivity contribution is -0.146. The second kappa shape index (κ2) is 7.25. The van der Waals surface area contributed by atoms with E-state index in [-0.39, 0.29) is 12.0 Å².